The summed E-state index contributed by atoms with van der Waals surface area (Å²) in [5, 5.41) is 0. The molecule has 0 bridgehead atoms. The molecule has 0 atom stereocenters. The normalized spacial score (nSPS) is 11.6. The van der Waals surface area contributed by atoms with Crippen molar-refractivity contribution in [3.05, 3.63) is 119 Å². The summed E-state index contributed by atoms with van der Waals surface area (Å²) in [5.74, 6) is 0. The van der Waals surface area contributed by atoms with Gasteiger partial charge in [0.15, 0.2) is 0 Å². The predicted molar refractivity (Wildman–Crippen MR) is 171 cm³/mol. The molecule has 0 saturated heterocycles. The highest BCUT2D eigenvalue weighted by Gasteiger charge is 2.17. The van der Waals surface area contributed by atoms with E-state index in [9.17, 15) is 0 Å². The molecule has 0 radical (unpaired) electrons. The molecule has 0 fully saturated rings. The molecule has 0 unspecified atom stereocenters. The Kier molecular flexibility index (Phi) is 10.7. The van der Waals surface area contributed by atoms with Gasteiger partial charge < -0.3 is 11.5 Å². The monoisotopic (exact) mass is 520 g/mol. The standard InChI is InChI=1S/C19H25N.C18H23N/c1-4-19(2,3)18-10-8-16(9-11-18)17-7-5-6-15(14-17)12-13-20;1-18(2,3)16-9-6-8-15(13-16)17-10-5-4-7-14(17)11-12-19/h5-11,14H,4,12-13,20H2,1-3H3;4-10,13H,11-12,19H2,1-3H3. The van der Waals surface area contributed by atoms with Crippen molar-refractivity contribution in [2.24, 2.45) is 11.5 Å². The number of nitrogens with two attached hydrogens (primary N) is 2. The average molecular weight is 521 g/mol. The molecule has 4 rings (SSSR count). The first kappa shape index (κ1) is 30.3. The van der Waals surface area contributed by atoms with Crippen molar-refractivity contribution < 1.29 is 0 Å². The molecule has 39 heavy (non-hydrogen) atoms. The third-order valence-corrected chi connectivity index (χ3v) is 7.71. The first-order valence-corrected chi connectivity index (χ1v) is 14.4. The van der Waals surface area contributed by atoms with E-state index in [0.29, 0.717) is 13.1 Å². The van der Waals surface area contributed by atoms with E-state index in [0.717, 1.165) is 19.3 Å². The van der Waals surface area contributed by atoms with Gasteiger partial charge in [0.05, 0.1) is 0 Å². The quantitative estimate of drug-likeness (QED) is 0.244. The van der Waals surface area contributed by atoms with Crippen molar-refractivity contribution in [3.63, 3.8) is 0 Å². The number of benzene rings is 4. The van der Waals surface area contributed by atoms with Crippen molar-refractivity contribution in [1.29, 1.82) is 0 Å². The number of hydrogen-bond acceptors (Lipinski definition) is 2. The van der Waals surface area contributed by atoms with Crippen molar-refractivity contribution in [2.75, 3.05) is 13.1 Å². The summed E-state index contributed by atoms with van der Waals surface area (Å²) in [6.45, 7) is 15.0. The van der Waals surface area contributed by atoms with Gasteiger partial charge in [-0.3, -0.25) is 0 Å². The van der Waals surface area contributed by atoms with Gasteiger partial charge in [-0.2, -0.15) is 0 Å². The summed E-state index contributed by atoms with van der Waals surface area (Å²) >= 11 is 0. The fraction of sp³-hybridized carbons (Fsp3) is 0.351. The molecule has 4 aromatic carbocycles. The lowest BCUT2D eigenvalue weighted by atomic mass is 9.82. The Morgan fingerprint density at radius 3 is 1.85 bits per heavy atom. The predicted octanol–water partition coefficient (Wildman–Crippen LogP) is 8.69. The van der Waals surface area contributed by atoms with Crippen LogP contribution in [-0.2, 0) is 23.7 Å². The zero-order chi connectivity index (χ0) is 28.5. The minimum atomic E-state index is 0.179. The molecule has 2 heteroatoms. The maximum Gasteiger partial charge on any atom is -0.00365 e. The fourth-order valence-corrected chi connectivity index (χ4v) is 4.72. The number of hydrogen-bond donors (Lipinski definition) is 2. The maximum atomic E-state index is 5.71. The summed E-state index contributed by atoms with van der Waals surface area (Å²) in [6, 6.07) is 35.0. The van der Waals surface area contributed by atoms with Gasteiger partial charge in [-0.05, 0) is 87.7 Å². The van der Waals surface area contributed by atoms with Crippen molar-refractivity contribution in [3.8, 4) is 22.3 Å². The van der Waals surface area contributed by atoms with Gasteiger partial charge in [0, 0.05) is 0 Å². The van der Waals surface area contributed by atoms with E-state index in [1.54, 1.807) is 0 Å². The molecular formula is C37H48N2. The Bertz CT molecular complexity index is 1310. The third-order valence-electron chi connectivity index (χ3n) is 7.71. The molecule has 0 aliphatic heterocycles. The smallest absolute Gasteiger partial charge is 0.00365 e. The molecule has 4 aromatic rings. The van der Waals surface area contributed by atoms with Crippen molar-refractivity contribution in [1.82, 2.24) is 0 Å². The van der Waals surface area contributed by atoms with Gasteiger partial charge in [0.2, 0.25) is 0 Å². The Hall–Kier alpha value is -3.20. The molecule has 0 spiro atoms. The van der Waals surface area contributed by atoms with Crippen LogP contribution in [0.2, 0.25) is 0 Å². The molecule has 2 nitrogen and oxygen atoms in total. The lowest BCUT2D eigenvalue weighted by Gasteiger charge is -2.23. The zero-order valence-corrected chi connectivity index (χ0v) is 24.9. The Morgan fingerprint density at radius 1 is 0.564 bits per heavy atom. The van der Waals surface area contributed by atoms with Gasteiger partial charge in [-0.1, -0.05) is 139 Å². The van der Waals surface area contributed by atoms with Gasteiger partial charge in [-0.15, -0.1) is 0 Å². The SMILES string of the molecule is CC(C)(C)c1cccc(-c2ccccc2CCN)c1.CCC(C)(C)c1ccc(-c2cccc(CCN)c2)cc1. The van der Waals surface area contributed by atoms with Crippen molar-refractivity contribution in [2.45, 2.75) is 71.6 Å². The number of rotatable bonds is 8. The van der Waals surface area contributed by atoms with Gasteiger partial charge in [-0.25, -0.2) is 0 Å². The highest BCUT2D eigenvalue weighted by molar-refractivity contribution is 5.68. The topological polar surface area (TPSA) is 52.0 Å². The molecule has 0 heterocycles. The van der Waals surface area contributed by atoms with Crippen LogP contribution in [0.5, 0.6) is 0 Å². The average Bonchev–Trinajstić information content (AvgIpc) is 2.94. The van der Waals surface area contributed by atoms with Crippen LogP contribution in [0.4, 0.5) is 0 Å². The molecule has 0 aliphatic rings. The Balaban J connectivity index is 0.000000216. The molecule has 0 aromatic heterocycles. The zero-order valence-electron chi connectivity index (χ0n) is 24.9. The van der Waals surface area contributed by atoms with E-state index in [2.05, 4.69) is 139 Å². The van der Waals surface area contributed by atoms with E-state index >= 15 is 0 Å². The first-order chi connectivity index (χ1) is 18.6. The second-order valence-electron chi connectivity index (χ2n) is 12.1. The van der Waals surface area contributed by atoms with E-state index in [4.69, 9.17) is 11.5 Å². The van der Waals surface area contributed by atoms with Gasteiger partial charge in [0.25, 0.3) is 0 Å². The van der Waals surface area contributed by atoms with E-state index in [1.165, 1.54) is 44.5 Å². The highest BCUT2D eigenvalue weighted by Crippen LogP contribution is 2.30. The molecule has 0 amide bonds. The third kappa shape index (κ3) is 8.39. The first-order valence-electron chi connectivity index (χ1n) is 14.4. The van der Waals surface area contributed by atoms with E-state index in [-0.39, 0.29) is 10.8 Å². The molecule has 0 saturated carbocycles. The maximum absolute atomic E-state index is 5.71. The van der Waals surface area contributed by atoms with Gasteiger partial charge in [0.1, 0.15) is 0 Å². The van der Waals surface area contributed by atoms with Crippen LogP contribution in [0.3, 0.4) is 0 Å². The fourth-order valence-electron chi connectivity index (χ4n) is 4.72. The van der Waals surface area contributed by atoms with E-state index in [1.807, 2.05) is 0 Å². The van der Waals surface area contributed by atoms with Crippen LogP contribution in [0.1, 0.15) is 70.2 Å². The molecule has 0 aliphatic carbocycles. The Morgan fingerprint density at radius 2 is 1.21 bits per heavy atom. The lowest BCUT2D eigenvalue weighted by Crippen LogP contribution is -2.14. The van der Waals surface area contributed by atoms with Crippen LogP contribution in [0, 0.1) is 0 Å². The summed E-state index contributed by atoms with van der Waals surface area (Å²) in [4.78, 5) is 0. The second-order valence-corrected chi connectivity index (χ2v) is 12.1. The van der Waals surface area contributed by atoms with Crippen LogP contribution in [0.25, 0.3) is 22.3 Å². The van der Waals surface area contributed by atoms with Crippen LogP contribution < -0.4 is 11.5 Å². The largest absolute Gasteiger partial charge is 0.330 e. The summed E-state index contributed by atoms with van der Waals surface area (Å²) < 4.78 is 0. The molecule has 4 N–H and O–H groups in total. The van der Waals surface area contributed by atoms with Crippen molar-refractivity contribution >= 4 is 0 Å². The summed E-state index contributed by atoms with van der Waals surface area (Å²) in [6.07, 6.45) is 3.02. The van der Waals surface area contributed by atoms with E-state index < -0.39 is 0 Å². The van der Waals surface area contributed by atoms with Gasteiger partial charge >= 0.3 is 0 Å². The second kappa shape index (κ2) is 13.7. The van der Waals surface area contributed by atoms with Crippen LogP contribution >= 0.6 is 0 Å². The lowest BCUT2D eigenvalue weighted by molar-refractivity contribution is 0.506. The highest BCUT2D eigenvalue weighted by atomic mass is 14.5. The summed E-state index contributed by atoms with van der Waals surface area (Å²) in [7, 11) is 0. The molecular weight excluding hydrogens is 472 g/mol. The summed E-state index contributed by atoms with van der Waals surface area (Å²) in [5.41, 5.74) is 22.3. The Labute approximate surface area is 237 Å². The van der Waals surface area contributed by atoms with Crippen LogP contribution in [-0.4, -0.2) is 13.1 Å². The minimum Gasteiger partial charge on any atom is -0.330 e. The van der Waals surface area contributed by atoms with Crippen LogP contribution in [0.15, 0.2) is 97.1 Å². The molecule has 206 valence electrons. The minimum absolute atomic E-state index is 0.179.